The van der Waals surface area contributed by atoms with Crippen molar-refractivity contribution in [2.75, 3.05) is 26.2 Å². The second kappa shape index (κ2) is 7.65. The Kier molecular flexibility index (Phi) is 6.36. The maximum absolute atomic E-state index is 11.6. The number of aliphatic hydroxyl groups is 1. The van der Waals surface area contributed by atoms with Crippen LogP contribution in [0, 0.1) is 5.92 Å². The first kappa shape index (κ1) is 12.5. The molecule has 1 atom stereocenters. The number of hydrogen-bond acceptors (Lipinski definition) is 3. The van der Waals surface area contributed by atoms with Gasteiger partial charge in [-0.1, -0.05) is 0 Å². The minimum atomic E-state index is 0.164. The second-order valence-corrected chi connectivity index (χ2v) is 4.12. The summed E-state index contributed by atoms with van der Waals surface area (Å²) in [5.74, 6) is 0.350. The summed E-state index contributed by atoms with van der Waals surface area (Å²) in [7, 11) is 0. The van der Waals surface area contributed by atoms with E-state index in [1.165, 1.54) is 0 Å². The van der Waals surface area contributed by atoms with Crippen LogP contribution in [0.25, 0.3) is 0 Å². The van der Waals surface area contributed by atoms with Crippen LogP contribution >= 0.6 is 0 Å². The monoisotopic (exact) mass is 214 g/mol. The molecule has 15 heavy (non-hydrogen) atoms. The van der Waals surface area contributed by atoms with Crippen LogP contribution in [-0.4, -0.2) is 37.3 Å². The van der Waals surface area contributed by atoms with Crippen molar-refractivity contribution in [1.29, 1.82) is 0 Å². The number of carbonyl (C=O) groups excluding carboxylic acids is 1. The zero-order chi connectivity index (χ0) is 10.9. The van der Waals surface area contributed by atoms with Crippen molar-refractivity contribution in [2.24, 2.45) is 5.92 Å². The molecule has 0 aromatic rings. The molecule has 1 heterocycles. The van der Waals surface area contributed by atoms with Gasteiger partial charge in [-0.15, -0.1) is 0 Å². The average Bonchev–Trinajstić information content (AvgIpc) is 2.30. The summed E-state index contributed by atoms with van der Waals surface area (Å²) in [6.07, 6.45) is 4.89. The van der Waals surface area contributed by atoms with E-state index in [0.717, 1.165) is 51.7 Å². The Labute approximate surface area is 91.4 Å². The number of piperidine rings is 1. The number of nitrogens with one attached hydrogen (secondary N) is 2. The van der Waals surface area contributed by atoms with Crippen molar-refractivity contribution in [3.8, 4) is 0 Å². The summed E-state index contributed by atoms with van der Waals surface area (Å²) < 4.78 is 0. The molecule has 1 saturated heterocycles. The van der Waals surface area contributed by atoms with Gasteiger partial charge in [0.2, 0.25) is 5.91 Å². The van der Waals surface area contributed by atoms with E-state index in [1.807, 2.05) is 0 Å². The third-order valence-corrected chi connectivity index (χ3v) is 2.80. The number of hydrogen-bond donors (Lipinski definition) is 3. The minimum absolute atomic E-state index is 0.164. The first-order valence-electron chi connectivity index (χ1n) is 5.94. The summed E-state index contributed by atoms with van der Waals surface area (Å²) in [6, 6.07) is 0. The Morgan fingerprint density at radius 2 is 2.27 bits per heavy atom. The van der Waals surface area contributed by atoms with Crippen LogP contribution in [0.5, 0.6) is 0 Å². The first-order chi connectivity index (χ1) is 7.34. The molecular weight excluding hydrogens is 192 g/mol. The van der Waals surface area contributed by atoms with Crippen LogP contribution in [0.1, 0.15) is 32.1 Å². The predicted molar refractivity (Wildman–Crippen MR) is 59.5 cm³/mol. The van der Waals surface area contributed by atoms with E-state index in [4.69, 9.17) is 5.11 Å². The molecule has 0 aromatic heterocycles. The maximum atomic E-state index is 11.6. The van der Waals surface area contributed by atoms with Gasteiger partial charge in [-0.2, -0.15) is 0 Å². The van der Waals surface area contributed by atoms with Crippen LogP contribution in [0.15, 0.2) is 0 Å². The van der Waals surface area contributed by atoms with Crippen molar-refractivity contribution in [2.45, 2.75) is 32.1 Å². The molecule has 1 aliphatic rings. The summed E-state index contributed by atoms with van der Waals surface area (Å²) in [4.78, 5) is 11.6. The fourth-order valence-corrected chi connectivity index (χ4v) is 1.85. The third kappa shape index (κ3) is 5.14. The lowest BCUT2D eigenvalue weighted by Gasteiger charge is -2.21. The molecule has 0 radical (unpaired) electrons. The molecule has 1 fully saturated rings. The fourth-order valence-electron chi connectivity index (χ4n) is 1.85. The largest absolute Gasteiger partial charge is 0.396 e. The summed E-state index contributed by atoms with van der Waals surface area (Å²) in [5, 5.41) is 14.8. The molecule has 0 aromatic carbocycles. The van der Waals surface area contributed by atoms with Gasteiger partial charge < -0.3 is 15.7 Å². The van der Waals surface area contributed by atoms with Crippen LogP contribution in [0.3, 0.4) is 0 Å². The van der Waals surface area contributed by atoms with Gasteiger partial charge in [-0.3, -0.25) is 4.79 Å². The lowest BCUT2D eigenvalue weighted by molar-refractivity contribution is -0.125. The Hall–Kier alpha value is -0.610. The molecule has 0 spiro atoms. The molecule has 1 rings (SSSR count). The van der Waals surface area contributed by atoms with E-state index in [1.54, 1.807) is 0 Å². The van der Waals surface area contributed by atoms with Gasteiger partial charge in [0.1, 0.15) is 0 Å². The highest BCUT2D eigenvalue weighted by molar-refractivity contribution is 5.78. The van der Waals surface area contributed by atoms with E-state index in [9.17, 15) is 4.79 Å². The highest BCUT2D eigenvalue weighted by atomic mass is 16.2. The van der Waals surface area contributed by atoms with E-state index in [0.29, 0.717) is 0 Å². The smallest absolute Gasteiger partial charge is 0.224 e. The van der Waals surface area contributed by atoms with Crippen LogP contribution in [-0.2, 0) is 4.79 Å². The highest BCUT2D eigenvalue weighted by Crippen LogP contribution is 2.09. The van der Waals surface area contributed by atoms with E-state index < -0.39 is 0 Å². The van der Waals surface area contributed by atoms with Crippen molar-refractivity contribution in [3.05, 3.63) is 0 Å². The number of unbranched alkanes of at least 4 members (excludes halogenated alkanes) is 2. The molecule has 88 valence electrons. The quantitative estimate of drug-likeness (QED) is 0.556. The number of rotatable bonds is 6. The minimum Gasteiger partial charge on any atom is -0.396 e. The molecule has 4 heteroatoms. The normalized spacial score (nSPS) is 21.3. The predicted octanol–water partition coefficient (Wildman–Crippen LogP) is 0.265. The zero-order valence-electron chi connectivity index (χ0n) is 9.30. The molecule has 0 bridgehead atoms. The molecule has 0 saturated carbocycles. The van der Waals surface area contributed by atoms with E-state index >= 15 is 0 Å². The van der Waals surface area contributed by atoms with Gasteiger partial charge in [0.05, 0.1) is 5.92 Å². The van der Waals surface area contributed by atoms with Gasteiger partial charge in [0.25, 0.3) is 0 Å². The molecule has 4 nitrogen and oxygen atoms in total. The molecular formula is C11H22N2O2. The molecule has 1 aliphatic heterocycles. The topological polar surface area (TPSA) is 61.4 Å². The number of aliphatic hydroxyl groups excluding tert-OH is 1. The van der Waals surface area contributed by atoms with Gasteiger partial charge >= 0.3 is 0 Å². The SMILES string of the molecule is O=C(NCCCCCO)[C@@H]1CCCNC1. The lowest BCUT2D eigenvalue weighted by atomic mass is 9.99. The van der Waals surface area contributed by atoms with E-state index in [-0.39, 0.29) is 18.4 Å². The Bertz CT molecular complexity index is 179. The maximum Gasteiger partial charge on any atom is 0.224 e. The summed E-state index contributed by atoms with van der Waals surface area (Å²) >= 11 is 0. The number of amides is 1. The first-order valence-corrected chi connectivity index (χ1v) is 5.94. The fraction of sp³-hybridized carbons (Fsp3) is 0.909. The van der Waals surface area contributed by atoms with E-state index in [2.05, 4.69) is 10.6 Å². The average molecular weight is 214 g/mol. The molecule has 3 N–H and O–H groups in total. The van der Waals surface area contributed by atoms with Crippen molar-refractivity contribution in [1.82, 2.24) is 10.6 Å². The van der Waals surface area contributed by atoms with Gasteiger partial charge in [-0.25, -0.2) is 0 Å². The summed E-state index contributed by atoms with van der Waals surface area (Å²) in [5.41, 5.74) is 0. The molecule has 0 aliphatic carbocycles. The van der Waals surface area contributed by atoms with Crippen molar-refractivity contribution in [3.63, 3.8) is 0 Å². The van der Waals surface area contributed by atoms with Crippen LogP contribution in [0.4, 0.5) is 0 Å². The zero-order valence-corrected chi connectivity index (χ0v) is 9.30. The Morgan fingerprint density at radius 1 is 1.40 bits per heavy atom. The summed E-state index contributed by atoms with van der Waals surface area (Å²) in [6.45, 7) is 2.86. The van der Waals surface area contributed by atoms with Gasteiger partial charge in [-0.05, 0) is 38.6 Å². The molecule has 1 amide bonds. The second-order valence-electron chi connectivity index (χ2n) is 4.12. The standard InChI is InChI=1S/C11H22N2O2/c14-8-3-1-2-7-13-11(15)10-5-4-6-12-9-10/h10,12,14H,1-9H2,(H,13,15)/t10-/m1/s1. The third-order valence-electron chi connectivity index (χ3n) is 2.80. The molecule has 0 unspecified atom stereocenters. The lowest BCUT2D eigenvalue weighted by Crippen LogP contribution is -2.40. The Balaban J connectivity index is 2.02. The van der Waals surface area contributed by atoms with Crippen molar-refractivity contribution >= 4 is 5.91 Å². The van der Waals surface area contributed by atoms with Gasteiger partial charge in [0.15, 0.2) is 0 Å². The van der Waals surface area contributed by atoms with Gasteiger partial charge in [0, 0.05) is 19.7 Å². The van der Waals surface area contributed by atoms with Crippen LogP contribution < -0.4 is 10.6 Å². The van der Waals surface area contributed by atoms with Crippen molar-refractivity contribution < 1.29 is 9.90 Å². The van der Waals surface area contributed by atoms with Crippen LogP contribution in [0.2, 0.25) is 0 Å². The highest BCUT2D eigenvalue weighted by Gasteiger charge is 2.19. The Morgan fingerprint density at radius 3 is 2.93 bits per heavy atom. The number of carbonyl (C=O) groups is 1.